The smallest absolute Gasteiger partial charge is 0.306 e. The molecule has 5 rings (SSSR count). The fourth-order valence-corrected chi connectivity index (χ4v) is 11.0. The molecule has 0 bridgehead atoms. The van der Waals surface area contributed by atoms with Crippen molar-refractivity contribution >= 4 is 5.97 Å². The highest BCUT2D eigenvalue weighted by Crippen LogP contribution is 2.74. The van der Waals surface area contributed by atoms with E-state index in [4.69, 9.17) is 0 Å². The maximum atomic E-state index is 12.3. The molecule has 34 heavy (non-hydrogen) atoms. The number of aliphatic hydroxyl groups excluding tert-OH is 2. The summed E-state index contributed by atoms with van der Waals surface area (Å²) in [6.45, 7) is 14.6. The number of hydrogen-bond acceptors (Lipinski definition) is 3. The van der Waals surface area contributed by atoms with Crippen LogP contribution in [0.25, 0.3) is 0 Å². The lowest BCUT2D eigenvalue weighted by molar-refractivity contribution is -0.202. The number of aliphatic hydroxyl groups is 2. The zero-order valence-corrected chi connectivity index (χ0v) is 22.3. The first-order chi connectivity index (χ1) is 15.8. The first kappa shape index (κ1) is 24.8. The summed E-state index contributed by atoms with van der Waals surface area (Å²) in [4.78, 5) is 12.3. The summed E-state index contributed by atoms with van der Waals surface area (Å²) < 4.78 is 0. The van der Waals surface area contributed by atoms with Gasteiger partial charge in [0.25, 0.3) is 0 Å². The normalized spacial score (nSPS) is 54.1. The van der Waals surface area contributed by atoms with Crippen LogP contribution >= 0.6 is 0 Å². The highest BCUT2D eigenvalue weighted by Gasteiger charge is 2.67. The van der Waals surface area contributed by atoms with E-state index in [-0.39, 0.29) is 58.0 Å². The number of aliphatic carboxylic acids is 1. The minimum atomic E-state index is -0.666. The molecule has 3 N–H and O–H groups in total. The maximum absolute atomic E-state index is 12.3. The van der Waals surface area contributed by atoms with Crippen LogP contribution in [0.15, 0.2) is 11.6 Å². The molecule has 0 aromatic rings. The Morgan fingerprint density at radius 1 is 1.03 bits per heavy atom. The van der Waals surface area contributed by atoms with Gasteiger partial charge in [0.15, 0.2) is 0 Å². The lowest BCUT2D eigenvalue weighted by Gasteiger charge is -2.70. The molecule has 3 unspecified atom stereocenters. The summed E-state index contributed by atoms with van der Waals surface area (Å²) in [6, 6.07) is 0. The summed E-state index contributed by atoms with van der Waals surface area (Å²) in [5.74, 6) is 1.02. The molecule has 5 aliphatic rings. The molecule has 4 fully saturated rings. The first-order valence-electron chi connectivity index (χ1n) is 14.0. The Balaban J connectivity index is 1.57. The predicted molar refractivity (Wildman–Crippen MR) is 134 cm³/mol. The van der Waals surface area contributed by atoms with Crippen LogP contribution in [0, 0.1) is 63.1 Å². The number of carbonyl (C=O) groups is 1. The molecule has 5 aliphatic carbocycles. The Kier molecular flexibility index (Phi) is 5.70. The second kappa shape index (κ2) is 7.81. The second-order valence-electron chi connectivity index (χ2n) is 14.4. The Hall–Kier alpha value is -0.870. The van der Waals surface area contributed by atoms with E-state index in [2.05, 4.69) is 47.6 Å². The van der Waals surface area contributed by atoms with Crippen molar-refractivity contribution in [2.75, 3.05) is 6.61 Å². The van der Waals surface area contributed by atoms with Crippen molar-refractivity contribution in [3.05, 3.63) is 11.6 Å². The zero-order valence-electron chi connectivity index (χ0n) is 22.3. The fraction of sp³-hybridized carbons (Fsp3) is 0.900. The first-order valence-corrected chi connectivity index (χ1v) is 14.0. The quantitative estimate of drug-likeness (QED) is 0.436. The predicted octanol–water partition coefficient (Wildman–Crippen LogP) is 5.92. The molecule has 0 aromatic carbocycles. The lowest BCUT2D eigenvalue weighted by Crippen LogP contribution is -2.64. The summed E-state index contributed by atoms with van der Waals surface area (Å²) in [6.07, 6.45) is 10.5. The van der Waals surface area contributed by atoms with Crippen molar-refractivity contribution in [1.82, 2.24) is 0 Å². The maximum Gasteiger partial charge on any atom is 0.306 e. The van der Waals surface area contributed by atoms with Gasteiger partial charge in [-0.25, -0.2) is 0 Å². The summed E-state index contributed by atoms with van der Waals surface area (Å²) >= 11 is 0. The molecule has 0 spiro atoms. The van der Waals surface area contributed by atoms with Gasteiger partial charge in [-0.05, 0) is 109 Å². The highest BCUT2D eigenvalue weighted by atomic mass is 16.4. The van der Waals surface area contributed by atoms with Crippen LogP contribution in [-0.4, -0.2) is 34.0 Å². The van der Waals surface area contributed by atoms with Crippen molar-refractivity contribution in [3.8, 4) is 0 Å². The Morgan fingerprint density at radius 3 is 2.38 bits per heavy atom. The van der Waals surface area contributed by atoms with Crippen LogP contribution in [0.5, 0.6) is 0 Å². The monoisotopic (exact) mass is 472 g/mol. The van der Waals surface area contributed by atoms with Gasteiger partial charge in [0.2, 0.25) is 0 Å². The molecule has 192 valence electrons. The SMILES string of the molecule is C[C@H]1[C@H](CO)C[C@@H](C(=O)O)C2CC[C@]3(C)C(=CCC4[C@@]5(C)CC[C@H](O)C(C)(C)C5CC[C@]43C)[C@@H]21. The topological polar surface area (TPSA) is 77.8 Å². The number of carboxylic acid groups (broad SMARTS) is 1. The molecule has 0 saturated heterocycles. The third-order valence-electron chi connectivity index (χ3n) is 13.2. The number of carboxylic acids is 1. The third-order valence-corrected chi connectivity index (χ3v) is 13.2. The van der Waals surface area contributed by atoms with E-state index in [1.165, 1.54) is 18.4 Å². The van der Waals surface area contributed by atoms with Gasteiger partial charge < -0.3 is 15.3 Å². The minimum absolute atomic E-state index is 0.0438. The number of fused-ring (bicyclic) bond motifs is 7. The van der Waals surface area contributed by atoms with E-state index in [1.807, 2.05) is 0 Å². The molecular weight excluding hydrogens is 424 g/mol. The average Bonchev–Trinajstić information content (AvgIpc) is 2.77. The number of hydrogen-bond donors (Lipinski definition) is 3. The number of rotatable bonds is 2. The molecule has 11 atom stereocenters. The molecule has 0 heterocycles. The Labute approximate surface area is 206 Å². The summed E-state index contributed by atoms with van der Waals surface area (Å²) in [5, 5.41) is 31.1. The molecule has 4 nitrogen and oxygen atoms in total. The van der Waals surface area contributed by atoms with Gasteiger partial charge in [0, 0.05) is 6.61 Å². The molecular formula is C30H48O4. The van der Waals surface area contributed by atoms with E-state index in [0.717, 1.165) is 32.1 Å². The van der Waals surface area contributed by atoms with E-state index in [1.54, 1.807) is 0 Å². The van der Waals surface area contributed by atoms with Gasteiger partial charge in [0.05, 0.1) is 12.0 Å². The van der Waals surface area contributed by atoms with Crippen LogP contribution in [0.1, 0.15) is 92.9 Å². The average molecular weight is 473 g/mol. The minimum Gasteiger partial charge on any atom is -0.481 e. The van der Waals surface area contributed by atoms with Gasteiger partial charge >= 0.3 is 5.97 Å². The van der Waals surface area contributed by atoms with Crippen molar-refractivity contribution in [3.63, 3.8) is 0 Å². The molecule has 4 saturated carbocycles. The van der Waals surface area contributed by atoms with E-state index >= 15 is 0 Å². The van der Waals surface area contributed by atoms with E-state index in [9.17, 15) is 20.1 Å². The highest BCUT2D eigenvalue weighted by molar-refractivity contribution is 5.71. The largest absolute Gasteiger partial charge is 0.481 e. The van der Waals surface area contributed by atoms with Crippen LogP contribution < -0.4 is 0 Å². The lowest BCUT2D eigenvalue weighted by atomic mass is 9.34. The van der Waals surface area contributed by atoms with Gasteiger partial charge in [-0.1, -0.05) is 53.2 Å². The van der Waals surface area contributed by atoms with E-state index in [0.29, 0.717) is 24.2 Å². The third kappa shape index (κ3) is 3.00. The molecule has 0 aliphatic heterocycles. The summed E-state index contributed by atoms with van der Waals surface area (Å²) in [7, 11) is 0. The van der Waals surface area contributed by atoms with Crippen molar-refractivity contribution in [2.45, 2.75) is 99.0 Å². The molecule has 0 radical (unpaired) electrons. The van der Waals surface area contributed by atoms with Crippen LogP contribution in [0.3, 0.4) is 0 Å². The van der Waals surface area contributed by atoms with Crippen LogP contribution in [0.2, 0.25) is 0 Å². The summed E-state index contributed by atoms with van der Waals surface area (Å²) in [5.41, 5.74) is 2.00. The van der Waals surface area contributed by atoms with Crippen molar-refractivity contribution < 1.29 is 20.1 Å². The van der Waals surface area contributed by atoms with Gasteiger partial charge in [-0.3, -0.25) is 4.79 Å². The van der Waals surface area contributed by atoms with Gasteiger partial charge in [-0.2, -0.15) is 0 Å². The molecule has 4 heteroatoms. The van der Waals surface area contributed by atoms with Crippen molar-refractivity contribution in [2.24, 2.45) is 63.1 Å². The standard InChI is InChI=1S/C30H48O4/c1-17-18(16-31)15-20(26(33)34)19-9-13-29(5)21(25(17)19)7-8-23-28(4)12-11-24(32)27(2,3)22(28)10-14-30(23,29)6/h7,17-20,22-25,31-32H,8-16H2,1-6H3,(H,33,34)/t17-,18-,19?,20+,22?,23?,24-,25+,28-,29+,30+/m0/s1. The number of allylic oxidation sites excluding steroid dienone is 2. The fourth-order valence-electron chi connectivity index (χ4n) is 11.0. The van der Waals surface area contributed by atoms with Gasteiger partial charge in [-0.15, -0.1) is 0 Å². The van der Waals surface area contributed by atoms with E-state index < -0.39 is 5.97 Å². The van der Waals surface area contributed by atoms with Crippen LogP contribution in [0.4, 0.5) is 0 Å². The van der Waals surface area contributed by atoms with Crippen LogP contribution in [-0.2, 0) is 4.79 Å². The molecule has 0 amide bonds. The zero-order chi connectivity index (χ0) is 24.8. The Morgan fingerprint density at radius 2 is 1.74 bits per heavy atom. The Bertz CT molecular complexity index is 877. The van der Waals surface area contributed by atoms with Gasteiger partial charge in [0.1, 0.15) is 0 Å². The molecule has 0 aromatic heterocycles. The second-order valence-corrected chi connectivity index (χ2v) is 14.4. The van der Waals surface area contributed by atoms with Crippen molar-refractivity contribution in [1.29, 1.82) is 0 Å².